The van der Waals surface area contributed by atoms with E-state index in [4.69, 9.17) is 0 Å². The Hall–Kier alpha value is -2.94. The first-order valence-electron chi connectivity index (χ1n) is 6.68. The molecule has 3 nitrogen and oxygen atoms in total. The van der Waals surface area contributed by atoms with Crippen molar-refractivity contribution in [1.82, 2.24) is 4.98 Å². The van der Waals surface area contributed by atoms with E-state index in [9.17, 15) is 9.90 Å². The van der Waals surface area contributed by atoms with E-state index in [1.54, 1.807) is 30.5 Å². The number of fused-ring (bicyclic) bond motifs is 2. The number of benzene rings is 2. The summed E-state index contributed by atoms with van der Waals surface area (Å²) in [4.78, 5) is 16.8. The first kappa shape index (κ1) is 11.9. The van der Waals surface area contributed by atoms with Gasteiger partial charge in [0.05, 0.1) is 11.3 Å². The van der Waals surface area contributed by atoms with Gasteiger partial charge in [-0.3, -0.25) is 9.78 Å². The number of nitrogens with zero attached hydrogens (tertiary/aromatic N) is 1. The van der Waals surface area contributed by atoms with E-state index in [2.05, 4.69) is 4.98 Å². The molecule has 0 spiro atoms. The second-order valence-electron chi connectivity index (χ2n) is 5.02. The van der Waals surface area contributed by atoms with Gasteiger partial charge in [-0.15, -0.1) is 0 Å². The van der Waals surface area contributed by atoms with Gasteiger partial charge in [-0.2, -0.15) is 0 Å². The van der Waals surface area contributed by atoms with Gasteiger partial charge in [0, 0.05) is 22.7 Å². The number of hydrogen-bond donors (Lipinski definition) is 1. The molecule has 0 fully saturated rings. The molecular weight excluding hydrogens is 262 g/mol. The van der Waals surface area contributed by atoms with Crippen LogP contribution in [0.2, 0.25) is 0 Å². The summed E-state index contributed by atoms with van der Waals surface area (Å²) in [6.45, 7) is 0. The summed E-state index contributed by atoms with van der Waals surface area (Å²) in [5.74, 6) is -0.163. The summed E-state index contributed by atoms with van der Waals surface area (Å²) in [6.07, 6.45) is 1.72. The number of pyridine rings is 1. The van der Waals surface area contributed by atoms with Crippen LogP contribution in [0.25, 0.3) is 22.1 Å². The number of aromatic nitrogens is 1. The summed E-state index contributed by atoms with van der Waals surface area (Å²) in [5, 5.41) is 12.4. The van der Waals surface area contributed by atoms with E-state index in [1.165, 1.54) is 0 Å². The first-order valence-corrected chi connectivity index (χ1v) is 6.68. The van der Waals surface area contributed by atoms with Gasteiger partial charge in [-0.25, -0.2) is 0 Å². The summed E-state index contributed by atoms with van der Waals surface area (Å²) >= 11 is 0. The zero-order valence-electron chi connectivity index (χ0n) is 11.1. The molecule has 0 atom stereocenters. The smallest absolute Gasteiger partial charge is 0.199 e. The molecule has 1 aliphatic carbocycles. The number of carbonyl (C=O) groups is 1. The number of allylic oxidation sites excluding steroid dienone is 1. The molecule has 0 bridgehead atoms. The van der Waals surface area contributed by atoms with Gasteiger partial charge in [-0.1, -0.05) is 48.5 Å². The fourth-order valence-electron chi connectivity index (χ4n) is 2.72. The van der Waals surface area contributed by atoms with Crippen molar-refractivity contribution in [3.05, 3.63) is 77.6 Å². The number of aliphatic hydroxyl groups excluding tert-OH is 1. The zero-order valence-corrected chi connectivity index (χ0v) is 11.1. The van der Waals surface area contributed by atoms with E-state index in [1.807, 2.05) is 30.3 Å². The number of hydrogen-bond acceptors (Lipinski definition) is 3. The molecule has 0 aliphatic heterocycles. The van der Waals surface area contributed by atoms with Crippen molar-refractivity contribution in [3.63, 3.8) is 0 Å². The van der Waals surface area contributed by atoms with Gasteiger partial charge in [0.2, 0.25) is 0 Å². The van der Waals surface area contributed by atoms with Crippen LogP contribution in [-0.4, -0.2) is 15.9 Å². The predicted octanol–water partition coefficient (Wildman–Crippen LogP) is 3.86. The highest BCUT2D eigenvalue weighted by atomic mass is 16.3. The highest BCUT2D eigenvalue weighted by Crippen LogP contribution is 2.36. The Morgan fingerprint density at radius 2 is 1.52 bits per heavy atom. The van der Waals surface area contributed by atoms with Crippen LogP contribution >= 0.6 is 0 Å². The van der Waals surface area contributed by atoms with E-state index >= 15 is 0 Å². The quantitative estimate of drug-likeness (QED) is 0.732. The molecule has 1 N–H and O–H groups in total. The Balaban J connectivity index is 1.93. The minimum atomic E-state index is -0.175. The number of aliphatic hydroxyl groups is 1. The Morgan fingerprint density at radius 3 is 2.29 bits per heavy atom. The fraction of sp³-hybridized carbons (Fsp3) is 0. The second kappa shape index (κ2) is 4.28. The molecular formula is C18H11NO2. The molecule has 1 heterocycles. The lowest BCUT2D eigenvalue weighted by atomic mass is 10.0. The molecule has 0 saturated carbocycles. The Bertz CT molecular complexity index is 925. The molecule has 21 heavy (non-hydrogen) atoms. The third-order valence-electron chi connectivity index (χ3n) is 3.78. The van der Waals surface area contributed by atoms with Crippen molar-refractivity contribution < 1.29 is 9.90 Å². The van der Waals surface area contributed by atoms with E-state index in [0.29, 0.717) is 16.8 Å². The molecule has 3 aromatic rings. The van der Waals surface area contributed by atoms with E-state index < -0.39 is 0 Å². The molecule has 0 unspecified atom stereocenters. The lowest BCUT2D eigenvalue weighted by Gasteiger charge is -2.03. The van der Waals surface area contributed by atoms with Crippen LogP contribution in [0.15, 0.2) is 60.8 Å². The third kappa shape index (κ3) is 1.68. The predicted molar refractivity (Wildman–Crippen MR) is 82.0 cm³/mol. The van der Waals surface area contributed by atoms with E-state index in [-0.39, 0.29) is 17.1 Å². The second-order valence-corrected chi connectivity index (χ2v) is 5.02. The molecule has 0 amide bonds. The van der Waals surface area contributed by atoms with Crippen molar-refractivity contribution in [3.8, 4) is 0 Å². The van der Waals surface area contributed by atoms with Crippen LogP contribution in [0.3, 0.4) is 0 Å². The van der Waals surface area contributed by atoms with Crippen LogP contribution in [0.5, 0.6) is 0 Å². The van der Waals surface area contributed by atoms with Gasteiger partial charge >= 0.3 is 0 Å². The lowest BCUT2D eigenvalue weighted by molar-refractivity contribution is 0.105. The Labute approximate surface area is 121 Å². The van der Waals surface area contributed by atoms with E-state index in [0.717, 1.165) is 10.8 Å². The molecule has 0 radical (unpaired) electrons. The molecule has 100 valence electrons. The molecule has 3 heteroatoms. The average Bonchev–Trinajstić information content (AvgIpc) is 2.79. The SMILES string of the molecule is O=C1C(c2cc3ccccc3cn2)=C(O)c2ccccc21. The number of Topliss-reactive ketones (excluding diaryl/α,β-unsaturated/α-hetero) is 1. The van der Waals surface area contributed by atoms with Crippen molar-refractivity contribution in [1.29, 1.82) is 0 Å². The fourth-order valence-corrected chi connectivity index (χ4v) is 2.72. The lowest BCUT2D eigenvalue weighted by Crippen LogP contribution is -2.00. The Morgan fingerprint density at radius 1 is 0.857 bits per heavy atom. The Kier molecular flexibility index (Phi) is 2.42. The van der Waals surface area contributed by atoms with Crippen LogP contribution in [0.1, 0.15) is 21.6 Å². The van der Waals surface area contributed by atoms with Gasteiger partial charge in [0.1, 0.15) is 5.76 Å². The largest absolute Gasteiger partial charge is 0.506 e. The number of carbonyl (C=O) groups excluding carboxylic acids is 1. The minimum Gasteiger partial charge on any atom is -0.506 e. The maximum Gasteiger partial charge on any atom is 0.199 e. The van der Waals surface area contributed by atoms with Crippen LogP contribution in [-0.2, 0) is 0 Å². The average molecular weight is 273 g/mol. The number of ketones is 1. The molecule has 1 aliphatic rings. The molecule has 0 saturated heterocycles. The standard InChI is InChI=1S/C18H11NO2/c20-17-13-7-3-4-8-14(13)18(21)16(17)15-9-11-5-1-2-6-12(11)10-19-15/h1-10,20H. The highest BCUT2D eigenvalue weighted by molar-refractivity contribution is 6.38. The minimum absolute atomic E-state index is 0.0124. The van der Waals surface area contributed by atoms with Gasteiger partial charge < -0.3 is 5.11 Å². The van der Waals surface area contributed by atoms with Crippen molar-refractivity contribution in [2.75, 3.05) is 0 Å². The molecule has 2 aromatic carbocycles. The first-order chi connectivity index (χ1) is 10.3. The van der Waals surface area contributed by atoms with Crippen LogP contribution < -0.4 is 0 Å². The monoisotopic (exact) mass is 273 g/mol. The molecule has 4 rings (SSSR count). The van der Waals surface area contributed by atoms with Gasteiger partial charge in [0.15, 0.2) is 5.78 Å². The third-order valence-corrected chi connectivity index (χ3v) is 3.78. The summed E-state index contributed by atoms with van der Waals surface area (Å²) in [6, 6.07) is 16.7. The van der Waals surface area contributed by atoms with Crippen molar-refractivity contribution in [2.45, 2.75) is 0 Å². The zero-order chi connectivity index (χ0) is 14.4. The summed E-state index contributed by atoms with van der Waals surface area (Å²) in [5.41, 5.74) is 1.89. The maximum absolute atomic E-state index is 12.5. The normalized spacial score (nSPS) is 13.8. The summed E-state index contributed by atoms with van der Waals surface area (Å²) in [7, 11) is 0. The number of rotatable bonds is 1. The topological polar surface area (TPSA) is 50.2 Å². The maximum atomic E-state index is 12.5. The van der Waals surface area contributed by atoms with Crippen LogP contribution in [0, 0.1) is 0 Å². The highest BCUT2D eigenvalue weighted by Gasteiger charge is 2.31. The van der Waals surface area contributed by atoms with Gasteiger partial charge in [0.25, 0.3) is 0 Å². The van der Waals surface area contributed by atoms with Crippen LogP contribution in [0.4, 0.5) is 0 Å². The van der Waals surface area contributed by atoms with Crippen molar-refractivity contribution in [2.24, 2.45) is 0 Å². The van der Waals surface area contributed by atoms with Gasteiger partial charge in [-0.05, 0) is 11.5 Å². The summed E-state index contributed by atoms with van der Waals surface area (Å²) < 4.78 is 0. The molecule has 1 aromatic heterocycles. The van der Waals surface area contributed by atoms with Crippen molar-refractivity contribution >= 4 is 27.9 Å².